The Morgan fingerprint density at radius 1 is 1.40 bits per heavy atom. The van der Waals surface area contributed by atoms with Crippen LogP contribution < -0.4 is 4.73 Å². The van der Waals surface area contributed by atoms with Gasteiger partial charge in [-0.15, -0.1) is 0 Å². The van der Waals surface area contributed by atoms with Crippen LogP contribution in [0.5, 0.6) is 0 Å². The van der Waals surface area contributed by atoms with Crippen molar-refractivity contribution < 1.29 is 14.3 Å². The quantitative estimate of drug-likeness (QED) is 0.412. The van der Waals surface area contributed by atoms with E-state index in [0.29, 0.717) is 21.3 Å². The van der Waals surface area contributed by atoms with Crippen LogP contribution in [0.2, 0.25) is 0 Å². The highest BCUT2D eigenvalue weighted by Gasteiger charge is 2.17. The summed E-state index contributed by atoms with van der Waals surface area (Å²) in [6, 6.07) is 8.69. The number of carbonyl (C=O) groups is 1. The number of nitrogens with one attached hydrogen (secondary N) is 1. The SMILES string of the molecule is COC(=O)c1cc2c3cc(C#N)ccc3[nH]c2[n+]([O-])c1. The zero-order valence-corrected chi connectivity index (χ0v) is 10.5. The Balaban J connectivity index is 2.40. The molecule has 0 saturated carbocycles. The van der Waals surface area contributed by atoms with Gasteiger partial charge in [-0.2, -0.15) is 5.26 Å². The summed E-state index contributed by atoms with van der Waals surface area (Å²) in [5.41, 5.74) is 1.71. The lowest BCUT2D eigenvalue weighted by molar-refractivity contribution is -0.579. The van der Waals surface area contributed by atoms with Gasteiger partial charge < -0.3 is 9.94 Å². The Labute approximate surface area is 113 Å². The Bertz CT molecular complexity index is 890. The van der Waals surface area contributed by atoms with E-state index >= 15 is 0 Å². The van der Waals surface area contributed by atoms with Crippen LogP contribution >= 0.6 is 0 Å². The van der Waals surface area contributed by atoms with E-state index in [2.05, 4.69) is 9.72 Å². The van der Waals surface area contributed by atoms with E-state index in [1.807, 2.05) is 6.07 Å². The van der Waals surface area contributed by atoms with Crippen molar-refractivity contribution in [1.82, 2.24) is 4.98 Å². The number of nitriles is 1. The molecule has 3 rings (SSSR count). The molecule has 3 aromatic rings. The van der Waals surface area contributed by atoms with Gasteiger partial charge in [-0.1, -0.05) is 0 Å². The van der Waals surface area contributed by atoms with Gasteiger partial charge in [0.25, 0.3) is 5.65 Å². The summed E-state index contributed by atoms with van der Waals surface area (Å²) < 4.78 is 5.21. The molecule has 1 aromatic carbocycles. The molecule has 0 aliphatic heterocycles. The predicted octanol–water partition coefficient (Wildman–Crippen LogP) is 1.61. The predicted molar refractivity (Wildman–Crippen MR) is 70.8 cm³/mol. The number of aromatic nitrogens is 2. The maximum atomic E-state index is 12.0. The van der Waals surface area contributed by atoms with Crippen molar-refractivity contribution >= 4 is 27.9 Å². The lowest BCUT2D eigenvalue weighted by Gasteiger charge is -2.04. The average Bonchev–Trinajstić information content (AvgIpc) is 2.84. The maximum Gasteiger partial charge on any atom is 0.341 e. The summed E-state index contributed by atoms with van der Waals surface area (Å²) in [6.07, 6.45) is 1.16. The number of H-pyrrole nitrogens is 1. The molecule has 2 aromatic heterocycles. The van der Waals surface area contributed by atoms with E-state index in [0.717, 1.165) is 17.1 Å². The first-order chi connectivity index (χ1) is 9.63. The summed E-state index contributed by atoms with van der Waals surface area (Å²) in [6.45, 7) is 0. The number of carbonyl (C=O) groups excluding carboxylic acids is 1. The number of esters is 1. The number of ether oxygens (including phenoxy) is 1. The molecule has 6 nitrogen and oxygen atoms in total. The number of fused-ring (bicyclic) bond motifs is 3. The Morgan fingerprint density at radius 2 is 2.20 bits per heavy atom. The number of methoxy groups -OCH3 is 1. The molecule has 0 aliphatic rings. The van der Waals surface area contributed by atoms with Gasteiger partial charge in [0.2, 0.25) is 0 Å². The second-order valence-electron chi connectivity index (χ2n) is 4.31. The lowest BCUT2D eigenvalue weighted by atomic mass is 10.1. The van der Waals surface area contributed by atoms with Crippen molar-refractivity contribution in [3.63, 3.8) is 0 Å². The van der Waals surface area contributed by atoms with Gasteiger partial charge in [0.15, 0.2) is 0 Å². The van der Waals surface area contributed by atoms with Gasteiger partial charge in [-0.05, 0) is 24.3 Å². The van der Waals surface area contributed by atoms with Crippen LogP contribution in [0.3, 0.4) is 0 Å². The van der Waals surface area contributed by atoms with Crippen LogP contribution in [0.15, 0.2) is 30.5 Å². The third-order valence-corrected chi connectivity index (χ3v) is 3.14. The van der Waals surface area contributed by atoms with Crippen molar-refractivity contribution in [2.75, 3.05) is 7.11 Å². The summed E-state index contributed by atoms with van der Waals surface area (Å²) in [7, 11) is 1.25. The third kappa shape index (κ3) is 1.65. The number of aromatic amines is 1. The summed E-state index contributed by atoms with van der Waals surface area (Å²) >= 11 is 0. The van der Waals surface area contributed by atoms with Crippen molar-refractivity contribution in [2.45, 2.75) is 0 Å². The standard InChI is InChI=1S/C14H9N3O3/c1-20-14(18)9-5-11-10-4-8(6-15)2-3-12(10)16-13(11)17(19)7-9/h2-5,7,16H,1H3. The number of hydrogen-bond acceptors (Lipinski definition) is 4. The minimum Gasteiger partial charge on any atom is -0.711 e. The monoisotopic (exact) mass is 267 g/mol. The Hall–Kier alpha value is -3.07. The average molecular weight is 267 g/mol. The first kappa shape index (κ1) is 12.0. The van der Waals surface area contributed by atoms with E-state index in [-0.39, 0.29) is 5.56 Å². The zero-order valence-electron chi connectivity index (χ0n) is 10.5. The molecule has 0 bridgehead atoms. The van der Waals surface area contributed by atoms with Gasteiger partial charge in [0.1, 0.15) is 17.3 Å². The highest BCUT2D eigenvalue weighted by molar-refractivity contribution is 6.07. The van der Waals surface area contributed by atoms with Gasteiger partial charge in [-0.3, -0.25) is 0 Å². The molecular formula is C14H9N3O3. The molecule has 0 unspecified atom stereocenters. The van der Waals surface area contributed by atoms with E-state index in [4.69, 9.17) is 5.26 Å². The fraction of sp³-hybridized carbons (Fsp3) is 0.0714. The van der Waals surface area contributed by atoms with Crippen LogP contribution in [0.25, 0.3) is 21.9 Å². The van der Waals surface area contributed by atoms with Crippen LogP contribution in [-0.4, -0.2) is 18.1 Å². The molecule has 0 spiro atoms. The number of rotatable bonds is 1. The normalized spacial score (nSPS) is 10.6. The van der Waals surface area contributed by atoms with Crippen molar-refractivity contribution in [3.8, 4) is 6.07 Å². The van der Waals surface area contributed by atoms with Crippen molar-refractivity contribution in [3.05, 3.63) is 46.8 Å². The summed E-state index contributed by atoms with van der Waals surface area (Å²) in [5, 5.41) is 22.2. The van der Waals surface area contributed by atoms with Gasteiger partial charge >= 0.3 is 5.97 Å². The molecule has 1 N–H and O–H groups in total. The van der Waals surface area contributed by atoms with Crippen molar-refractivity contribution in [2.24, 2.45) is 0 Å². The third-order valence-electron chi connectivity index (χ3n) is 3.14. The van der Waals surface area contributed by atoms with Crippen LogP contribution in [0.1, 0.15) is 15.9 Å². The summed E-state index contributed by atoms with van der Waals surface area (Å²) in [5.74, 6) is -0.581. The summed E-state index contributed by atoms with van der Waals surface area (Å²) in [4.78, 5) is 14.5. The second kappa shape index (κ2) is 4.24. The van der Waals surface area contributed by atoms with E-state index in [1.54, 1.807) is 24.3 Å². The number of nitrogens with zero attached hydrogens (tertiary/aromatic N) is 2. The van der Waals surface area contributed by atoms with Gasteiger partial charge in [0.05, 0.1) is 24.1 Å². The highest BCUT2D eigenvalue weighted by Crippen LogP contribution is 2.25. The molecule has 20 heavy (non-hydrogen) atoms. The smallest absolute Gasteiger partial charge is 0.341 e. The molecule has 0 saturated heterocycles. The van der Waals surface area contributed by atoms with E-state index in [1.165, 1.54) is 7.11 Å². The van der Waals surface area contributed by atoms with Crippen LogP contribution in [0, 0.1) is 16.5 Å². The first-order valence-corrected chi connectivity index (χ1v) is 5.81. The molecule has 0 atom stereocenters. The number of benzene rings is 1. The van der Waals surface area contributed by atoms with Crippen LogP contribution in [0.4, 0.5) is 0 Å². The van der Waals surface area contributed by atoms with E-state index in [9.17, 15) is 10.0 Å². The number of hydrogen-bond donors (Lipinski definition) is 1. The molecular weight excluding hydrogens is 258 g/mol. The topological polar surface area (TPSA) is 92.8 Å². The zero-order chi connectivity index (χ0) is 14.3. The van der Waals surface area contributed by atoms with Crippen LogP contribution in [-0.2, 0) is 4.74 Å². The first-order valence-electron chi connectivity index (χ1n) is 5.81. The molecule has 2 heterocycles. The molecule has 6 heteroatoms. The fourth-order valence-corrected chi connectivity index (χ4v) is 2.20. The minimum absolute atomic E-state index is 0.165. The van der Waals surface area contributed by atoms with Crippen molar-refractivity contribution in [1.29, 1.82) is 5.26 Å². The lowest BCUT2D eigenvalue weighted by Crippen LogP contribution is -2.28. The molecule has 0 radical (unpaired) electrons. The van der Waals surface area contributed by atoms with Gasteiger partial charge in [-0.25, -0.2) is 14.5 Å². The molecule has 0 amide bonds. The second-order valence-corrected chi connectivity index (χ2v) is 4.31. The molecule has 98 valence electrons. The van der Waals surface area contributed by atoms with Gasteiger partial charge in [0, 0.05) is 5.39 Å². The number of pyridine rings is 1. The maximum absolute atomic E-state index is 12.0. The largest absolute Gasteiger partial charge is 0.711 e. The molecule has 0 aliphatic carbocycles. The van der Waals surface area contributed by atoms with E-state index < -0.39 is 5.97 Å². The highest BCUT2D eigenvalue weighted by atomic mass is 16.5. The Morgan fingerprint density at radius 3 is 2.90 bits per heavy atom. The fourth-order valence-electron chi connectivity index (χ4n) is 2.20. The Kier molecular flexibility index (Phi) is 2.54. The minimum atomic E-state index is -0.581. The molecule has 0 fully saturated rings.